The van der Waals surface area contributed by atoms with Gasteiger partial charge in [-0.3, -0.25) is 4.79 Å². The first-order chi connectivity index (χ1) is 11.1. The molecule has 1 fully saturated rings. The van der Waals surface area contributed by atoms with E-state index >= 15 is 0 Å². The van der Waals surface area contributed by atoms with Crippen LogP contribution in [0.1, 0.15) is 17.7 Å². The molecular weight excluding hydrogens is 455 g/mol. The average Bonchev–Trinajstić information content (AvgIpc) is 3.22. The van der Waals surface area contributed by atoms with Crippen molar-refractivity contribution in [3.63, 3.8) is 0 Å². The van der Waals surface area contributed by atoms with Crippen LogP contribution < -0.4 is 10.6 Å². The molecule has 8 heteroatoms. The summed E-state index contributed by atoms with van der Waals surface area (Å²) >= 11 is 3.78. The highest BCUT2D eigenvalue weighted by Gasteiger charge is 2.15. The highest BCUT2D eigenvalue weighted by atomic mass is 127. The van der Waals surface area contributed by atoms with Crippen LogP contribution in [0.3, 0.4) is 0 Å². The lowest BCUT2D eigenvalue weighted by atomic mass is 10.2. The first-order valence-corrected chi connectivity index (χ1v) is 9.94. The van der Waals surface area contributed by atoms with Crippen LogP contribution in [0.15, 0.2) is 22.5 Å². The molecule has 1 unspecified atom stereocenters. The topological polar surface area (TPSA) is 56.7 Å². The Morgan fingerprint density at radius 3 is 2.88 bits per heavy atom. The van der Waals surface area contributed by atoms with Crippen LogP contribution in [0.2, 0.25) is 0 Å². The second kappa shape index (κ2) is 12.0. The molecule has 1 aliphatic heterocycles. The Labute approximate surface area is 170 Å². The number of rotatable bonds is 7. The number of nitrogens with zero attached hydrogens (tertiary/aromatic N) is 2. The van der Waals surface area contributed by atoms with Gasteiger partial charge < -0.3 is 15.5 Å². The quantitative estimate of drug-likeness (QED) is 0.356. The summed E-state index contributed by atoms with van der Waals surface area (Å²) in [6, 6.07) is 4.21. The summed E-state index contributed by atoms with van der Waals surface area (Å²) in [5.74, 6) is 2.01. The number of guanidine groups is 1. The van der Waals surface area contributed by atoms with E-state index in [0.29, 0.717) is 5.25 Å². The first-order valence-electron chi connectivity index (χ1n) is 8.01. The molecule has 1 aromatic rings. The molecule has 2 rings (SSSR count). The molecule has 1 atom stereocenters. The van der Waals surface area contributed by atoms with Gasteiger partial charge in [0, 0.05) is 37.3 Å². The molecular formula is C16H27IN4OS2. The molecule has 0 spiro atoms. The van der Waals surface area contributed by atoms with E-state index in [1.54, 1.807) is 30.3 Å². The molecule has 1 amide bonds. The van der Waals surface area contributed by atoms with E-state index < -0.39 is 0 Å². The van der Waals surface area contributed by atoms with E-state index in [-0.39, 0.29) is 36.4 Å². The molecule has 0 bridgehead atoms. The standard InChI is InChI=1S/C16H26N4OS2.HI/c1-20(2)15(21)12-19-16(18-11-14-6-4-10-23-14)17-8-7-13-5-3-9-22-13;/h3,5,9,14H,4,6-8,10-12H2,1-2H3,(H2,17,18,19);1H. The summed E-state index contributed by atoms with van der Waals surface area (Å²) < 4.78 is 0. The highest BCUT2D eigenvalue weighted by molar-refractivity contribution is 14.0. The van der Waals surface area contributed by atoms with E-state index in [2.05, 4.69) is 33.1 Å². The number of likely N-dealkylation sites (N-methyl/N-ethyl adjacent to an activating group) is 1. The number of nitrogens with one attached hydrogen (secondary N) is 2. The fourth-order valence-corrected chi connectivity index (χ4v) is 4.15. The second-order valence-electron chi connectivity index (χ2n) is 5.73. The highest BCUT2D eigenvalue weighted by Crippen LogP contribution is 2.25. The number of hydrogen-bond acceptors (Lipinski definition) is 4. The van der Waals surface area contributed by atoms with Crippen molar-refractivity contribution in [3.05, 3.63) is 22.4 Å². The number of aliphatic imine (C=N–C) groups is 1. The number of halogens is 1. The van der Waals surface area contributed by atoms with Gasteiger partial charge in [-0.1, -0.05) is 6.07 Å². The van der Waals surface area contributed by atoms with Crippen LogP contribution in [0.5, 0.6) is 0 Å². The minimum absolute atomic E-state index is 0. The molecule has 1 saturated heterocycles. The lowest BCUT2D eigenvalue weighted by Gasteiger charge is -2.16. The molecule has 136 valence electrons. The van der Waals surface area contributed by atoms with Crippen molar-refractivity contribution in [2.24, 2.45) is 4.99 Å². The van der Waals surface area contributed by atoms with Crippen LogP contribution >= 0.6 is 47.1 Å². The summed E-state index contributed by atoms with van der Waals surface area (Å²) in [6.07, 6.45) is 3.53. The van der Waals surface area contributed by atoms with Gasteiger partial charge in [-0.25, -0.2) is 4.99 Å². The van der Waals surface area contributed by atoms with Gasteiger partial charge in [-0.2, -0.15) is 11.8 Å². The van der Waals surface area contributed by atoms with Crippen molar-refractivity contribution >= 4 is 58.9 Å². The third-order valence-electron chi connectivity index (χ3n) is 3.64. The monoisotopic (exact) mass is 482 g/mol. The largest absolute Gasteiger partial charge is 0.356 e. The summed E-state index contributed by atoms with van der Waals surface area (Å²) in [5.41, 5.74) is 0. The van der Waals surface area contributed by atoms with E-state index in [0.717, 1.165) is 25.5 Å². The molecule has 2 heterocycles. The molecule has 1 aliphatic rings. The van der Waals surface area contributed by atoms with Crippen LogP contribution in [-0.4, -0.2) is 61.5 Å². The third-order valence-corrected chi connectivity index (χ3v) is 5.97. The maximum atomic E-state index is 11.7. The van der Waals surface area contributed by atoms with Crippen molar-refractivity contribution in [3.8, 4) is 0 Å². The van der Waals surface area contributed by atoms with Gasteiger partial charge in [0.1, 0.15) is 6.54 Å². The Morgan fingerprint density at radius 2 is 2.25 bits per heavy atom. The Bertz CT molecular complexity index is 502. The zero-order chi connectivity index (χ0) is 16.5. The summed E-state index contributed by atoms with van der Waals surface area (Å²) in [7, 11) is 3.51. The lowest BCUT2D eigenvalue weighted by Crippen LogP contribution is -2.41. The molecule has 24 heavy (non-hydrogen) atoms. The van der Waals surface area contributed by atoms with Gasteiger partial charge in [0.15, 0.2) is 5.96 Å². The second-order valence-corrected chi connectivity index (χ2v) is 8.17. The number of hydrogen-bond donors (Lipinski definition) is 2. The van der Waals surface area contributed by atoms with Crippen molar-refractivity contribution < 1.29 is 4.79 Å². The maximum absolute atomic E-state index is 11.7. The Morgan fingerprint density at radius 1 is 1.42 bits per heavy atom. The van der Waals surface area contributed by atoms with Crippen molar-refractivity contribution in [2.45, 2.75) is 24.5 Å². The molecule has 2 N–H and O–H groups in total. The smallest absolute Gasteiger partial charge is 0.243 e. The zero-order valence-electron chi connectivity index (χ0n) is 14.3. The van der Waals surface area contributed by atoms with Crippen molar-refractivity contribution in [2.75, 3.05) is 39.5 Å². The molecule has 5 nitrogen and oxygen atoms in total. The number of thioether (sulfide) groups is 1. The number of carbonyl (C=O) groups excluding carboxylic acids is 1. The summed E-state index contributed by atoms with van der Waals surface area (Å²) in [4.78, 5) is 19.1. The normalized spacial score (nSPS) is 17.2. The fourth-order valence-electron chi connectivity index (χ4n) is 2.24. The first kappa shape index (κ1) is 21.6. The molecule has 0 radical (unpaired) electrons. The fraction of sp³-hybridized carbons (Fsp3) is 0.625. The third kappa shape index (κ3) is 8.06. The number of carbonyl (C=O) groups is 1. The van der Waals surface area contributed by atoms with Gasteiger partial charge in [0.25, 0.3) is 0 Å². The molecule has 0 saturated carbocycles. The Balaban J connectivity index is 0.00000288. The zero-order valence-corrected chi connectivity index (χ0v) is 18.2. The van der Waals surface area contributed by atoms with Gasteiger partial charge in [-0.15, -0.1) is 35.3 Å². The van der Waals surface area contributed by atoms with Crippen molar-refractivity contribution in [1.29, 1.82) is 0 Å². The van der Waals surface area contributed by atoms with Crippen molar-refractivity contribution in [1.82, 2.24) is 15.5 Å². The van der Waals surface area contributed by atoms with Gasteiger partial charge in [-0.05, 0) is 36.5 Å². The summed E-state index contributed by atoms with van der Waals surface area (Å²) in [6.45, 7) is 1.91. The van der Waals surface area contributed by atoms with E-state index in [1.807, 2.05) is 11.8 Å². The van der Waals surface area contributed by atoms with Crippen LogP contribution in [0.4, 0.5) is 0 Å². The predicted molar refractivity (Wildman–Crippen MR) is 116 cm³/mol. The predicted octanol–water partition coefficient (Wildman–Crippen LogP) is 2.43. The van der Waals surface area contributed by atoms with Gasteiger partial charge in [0.05, 0.1) is 0 Å². The van der Waals surface area contributed by atoms with E-state index in [4.69, 9.17) is 0 Å². The van der Waals surface area contributed by atoms with Gasteiger partial charge in [0.2, 0.25) is 5.91 Å². The van der Waals surface area contributed by atoms with Crippen LogP contribution in [0.25, 0.3) is 0 Å². The van der Waals surface area contributed by atoms with Gasteiger partial charge >= 0.3 is 0 Å². The van der Waals surface area contributed by atoms with Crippen LogP contribution in [0, 0.1) is 0 Å². The van der Waals surface area contributed by atoms with E-state index in [1.165, 1.54) is 23.5 Å². The summed E-state index contributed by atoms with van der Waals surface area (Å²) in [5, 5.41) is 9.48. The lowest BCUT2D eigenvalue weighted by molar-refractivity contribution is -0.127. The molecule has 0 aliphatic carbocycles. The number of thiophene rings is 1. The molecule has 1 aromatic heterocycles. The maximum Gasteiger partial charge on any atom is 0.243 e. The number of amides is 1. The van der Waals surface area contributed by atoms with Crippen LogP contribution in [-0.2, 0) is 11.2 Å². The SMILES string of the molecule is CN(C)C(=O)CN=C(NCCc1cccs1)NCC1CCCS1.I. The minimum Gasteiger partial charge on any atom is -0.356 e. The Hall–Kier alpha value is -0.480. The average molecular weight is 482 g/mol. The van der Waals surface area contributed by atoms with E-state index in [9.17, 15) is 4.79 Å². The Kier molecular flexibility index (Phi) is 10.8. The molecule has 0 aromatic carbocycles. The minimum atomic E-state index is 0.